The van der Waals surface area contributed by atoms with Gasteiger partial charge >= 0.3 is 0 Å². The number of sulfone groups is 1. The van der Waals surface area contributed by atoms with Crippen molar-refractivity contribution in [3.8, 4) is 11.1 Å². The van der Waals surface area contributed by atoms with Gasteiger partial charge in [-0.2, -0.15) is 14.7 Å². The van der Waals surface area contributed by atoms with E-state index in [4.69, 9.17) is 4.98 Å². The third-order valence-corrected chi connectivity index (χ3v) is 7.69. The Kier molecular flexibility index (Phi) is 3.88. The summed E-state index contributed by atoms with van der Waals surface area (Å²) in [6.07, 6.45) is 6.21. The minimum Gasteiger partial charge on any atom is -0.261 e. The van der Waals surface area contributed by atoms with Crippen LogP contribution in [-0.2, 0) is 9.84 Å². The first kappa shape index (κ1) is 18.4. The van der Waals surface area contributed by atoms with E-state index in [2.05, 4.69) is 20.3 Å². The number of aromatic nitrogens is 6. The minimum atomic E-state index is -2.98. The molecule has 0 amide bonds. The van der Waals surface area contributed by atoms with Crippen molar-refractivity contribution in [1.82, 2.24) is 29.8 Å². The number of nitrogens with zero attached hydrogens (tertiary/aromatic N) is 5. The molecular weight excluding hydrogens is 419 g/mol. The molecule has 4 aromatic heterocycles. The second-order valence-corrected chi connectivity index (χ2v) is 10.2. The van der Waals surface area contributed by atoms with E-state index in [-0.39, 0.29) is 23.2 Å². The van der Waals surface area contributed by atoms with Gasteiger partial charge in [-0.05, 0) is 37.1 Å². The normalized spacial score (nSPS) is 17.1. The van der Waals surface area contributed by atoms with E-state index in [1.807, 2.05) is 6.07 Å². The third-order valence-electron chi connectivity index (χ3n) is 5.97. The highest BCUT2D eigenvalue weighted by molar-refractivity contribution is 7.91. The summed E-state index contributed by atoms with van der Waals surface area (Å²) in [6.45, 7) is 0. The summed E-state index contributed by atoms with van der Waals surface area (Å²) in [7, 11) is -2.98. The average Bonchev–Trinajstić information content (AvgIpc) is 3.39. The third kappa shape index (κ3) is 2.97. The number of hydrogen-bond donors (Lipinski definition) is 1. The van der Waals surface area contributed by atoms with Gasteiger partial charge in [-0.3, -0.25) is 10.1 Å². The van der Waals surface area contributed by atoms with Crippen LogP contribution in [0, 0.1) is 5.82 Å². The van der Waals surface area contributed by atoms with E-state index in [0.29, 0.717) is 35.0 Å². The first-order valence-electron chi connectivity index (χ1n) is 9.95. The van der Waals surface area contributed by atoms with Gasteiger partial charge in [-0.1, -0.05) is 0 Å². The second kappa shape index (κ2) is 6.55. The molecule has 10 heteroatoms. The molecule has 0 spiro atoms. The molecule has 6 rings (SSSR count). The van der Waals surface area contributed by atoms with Crippen molar-refractivity contribution in [1.29, 1.82) is 0 Å². The van der Waals surface area contributed by atoms with Gasteiger partial charge in [-0.25, -0.2) is 17.8 Å². The molecule has 31 heavy (non-hydrogen) atoms. The van der Waals surface area contributed by atoms with Crippen molar-refractivity contribution >= 4 is 37.4 Å². The largest absolute Gasteiger partial charge is 0.261 e. The number of nitrogens with one attached hydrogen (secondary N) is 1. The Morgan fingerprint density at radius 1 is 1.10 bits per heavy atom. The second-order valence-electron chi connectivity index (χ2n) is 7.91. The molecule has 0 atom stereocenters. The SMILES string of the molecule is O=S1(=O)CCC(c2nc3c(-c4cnc5ccc(F)cc5c4)cnn3c3[nH]ncc23)CC1. The van der Waals surface area contributed by atoms with Gasteiger partial charge in [0.1, 0.15) is 15.7 Å². The molecule has 5 heterocycles. The maximum atomic E-state index is 13.7. The topological polar surface area (TPSA) is 106 Å². The van der Waals surface area contributed by atoms with Crippen molar-refractivity contribution in [3.05, 3.63) is 54.4 Å². The van der Waals surface area contributed by atoms with Gasteiger partial charge < -0.3 is 0 Å². The number of H-pyrrole nitrogens is 1. The maximum Gasteiger partial charge on any atom is 0.165 e. The summed E-state index contributed by atoms with van der Waals surface area (Å²) in [5.41, 5.74) is 4.40. The molecule has 156 valence electrons. The summed E-state index contributed by atoms with van der Waals surface area (Å²) in [4.78, 5) is 9.37. The fraction of sp³-hybridized carbons (Fsp3) is 0.238. The van der Waals surface area contributed by atoms with Crippen LogP contribution in [0.2, 0.25) is 0 Å². The molecule has 8 nitrogen and oxygen atoms in total. The van der Waals surface area contributed by atoms with Crippen molar-refractivity contribution in [2.75, 3.05) is 11.5 Å². The van der Waals surface area contributed by atoms with Gasteiger partial charge in [-0.15, -0.1) is 0 Å². The Morgan fingerprint density at radius 2 is 1.94 bits per heavy atom. The highest BCUT2D eigenvalue weighted by Gasteiger charge is 2.28. The summed E-state index contributed by atoms with van der Waals surface area (Å²) in [6, 6.07) is 6.35. The lowest BCUT2D eigenvalue weighted by Crippen LogP contribution is -2.23. The van der Waals surface area contributed by atoms with Gasteiger partial charge in [0.2, 0.25) is 0 Å². The molecule has 1 saturated heterocycles. The van der Waals surface area contributed by atoms with E-state index in [1.54, 1.807) is 29.2 Å². The quantitative estimate of drug-likeness (QED) is 0.455. The van der Waals surface area contributed by atoms with Crippen LogP contribution in [0.1, 0.15) is 24.5 Å². The number of aromatic amines is 1. The lowest BCUT2D eigenvalue weighted by atomic mass is 9.96. The molecular formula is C21H17FN6O2S. The van der Waals surface area contributed by atoms with Gasteiger partial charge in [0.25, 0.3) is 0 Å². The zero-order valence-electron chi connectivity index (χ0n) is 16.3. The number of hydrogen-bond acceptors (Lipinski definition) is 6. The fourth-order valence-corrected chi connectivity index (χ4v) is 5.84. The van der Waals surface area contributed by atoms with Crippen LogP contribution in [-0.4, -0.2) is 49.7 Å². The monoisotopic (exact) mass is 436 g/mol. The average molecular weight is 436 g/mol. The Bertz CT molecular complexity index is 1580. The molecule has 1 N–H and O–H groups in total. The molecule has 0 radical (unpaired) electrons. The Morgan fingerprint density at radius 3 is 2.77 bits per heavy atom. The van der Waals surface area contributed by atoms with Crippen molar-refractivity contribution in [3.63, 3.8) is 0 Å². The number of halogens is 1. The van der Waals surface area contributed by atoms with E-state index in [0.717, 1.165) is 22.2 Å². The summed E-state index contributed by atoms with van der Waals surface area (Å²) in [5.74, 6) is 0.0325. The Hall–Kier alpha value is -3.40. The van der Waals surface area contributed by atoms with Crippen LogP contribution < -0.4 is 0 Å². The number of rotatable bonds is 2. The number of pyridine rings is 1. The van der Waals surface area contributed by atoms with Crippen LogP contribution in [0.3, 0.4) is 0 Å². The minimum absolute atomic E-state index is 0.0280. The summed E-state index contributed by atoms with van der Waals surface area (Å²) < 4.78 is 39.2. The van der Waals surface area contributed by atoms with Crippen molar-refractivity contribution in [2.24, 2.45) is 0 Å². The number of fused-ring (bicyclic) bond motifs is 4. The van der Waals surface area contributed by atoms with E-state index in [1.165, 1.54) is 12.1 Å². The molecule has 5 aromatic rings. The molecule has 0 aliphatic carbocycles. The van der Waals surface area contributed by atoms with Gasteiger partial charge in [0.15, 0.2) is 11.3 Å². The first-order valence-corrected chi connectivity index (χ1v) is 11.8. The van der Waals surface area contributed by atoms with Gasteiger partial charge in [0.05, 0.1) is 40.5 Å². The predicted molar refractivity (Wildman–Crippen MR) is 114 cm³/mol. The molecule has 0 unspecified atom stereocenters. The van der Waals surface area contributed by atoms with E-state index in [9.17, 15) is 12.8 Å². The van der Waals surface area contributed by atoms with Crippen LogP contribution in [0.4, 0.5) is 4.39 Å². The van der Waals surface area contributed by atoms with E-state index < -0.39 is 9.84 Å². The molecule has 1 fully saturated rings. The lowest BCUT2D eigenvalue weighted by molar-refractivity contribution is 0.546. The molecule has 1 aliphatic rings. The molecule has 1 aromatic carbocycles. The molecule has 0 bridgehead atoms. The summed E-state index contributed by atoms with van der Waals surface area (Å²) >= 11 is 0. The summed E-state index contributed by atoms with van der Waals surface area (Å²) in [5, 5.41) is 13.2. The highest BCUT2D eigenvalue weighted by Crippen LogP contribution is 2.34. The maximum absolute atomic E-state index is 13.7. The Labute approximate surface area is 176 Å². The van der Waals surface area contributed by atoms with E-state index >= 15 is 0 Å². The van der Waals surface area contributed by atoms with Crippen LogP contribution >= 0.6 is 0 Å². The van der Waals surface area contributed by atoms with Gasteiger partial charge in [0, 0.05) is 28.6 Å². The van der Waals surface area contributed by atoms with Crippen molar-refractivity contribution < 1.29 is 12.8 Å². The smallest absolute Gasteiger partial charge is 0.165 e. The van der Waals surface area contributed by atoms with Crippen molar-refractivity contribution in [2.45, 2.75) is 18.8 Å². The number of benzene rings is 1. The zero-order chi connectivity index (χ0) is 21.2. The van der Waals surface area contributed by atoms with Crippen LogP contribution in [0.15, 0.2) is 42.9 Å². The standard InChI is InChI=1S/C21H17FN6O2S/c22-15-1-2-18-13(8-15)7-14(9-23-18)16-11-25-28-20(16)26-19(17-10-24-27-21(17)28)12-3-5-31(29,30)6-4-12/h1-2,7-12H,3-6H2,(H,24,27). The first-order chi connectivity index (χ1) is 15.0. The lowest BCUT2D eigenvalue weighted by Gasteiger charge is -2.22. The van der Waals surface area contributed by atoms with Crippen LogP contribution in [0.5, 0.6) is 0 Å². The van der Waals surface area contributed by atoms with Crippen LogP contribution in [0.25, 0.3) is 38.7 Å². The highest BCUT2D eigenvalue weighted by atomic mass is 32.2. The predicted octanol–water partition coefficient (Wildman–Crippen LogP) is 3.25. The fourth-order valence-electron chi connectivity index (χ4n) is 4.34. The molecule has 0 saturated carbocycles. The Balaban J connectivity index is 1.54. The zero-order valence-corrected chi connectivity index (χ0v) is 17.1. The molecule has 1 aliphatic heterocycles.